The molecule has 2 aliphatic carbocycles. The van der Waals surface area contributed by atoms with Crippen molar-refractivity contribution in [2.45, 2.75) is 46.1 Å². The lowest BCUT2D eigenvalue weighted by Crippen LogP contribution is -2.39. The Morgan fingerprint density at radius 3 is 2.44 bits per heavy atom. The summed E-state index contributed by atoms with van der Waals surface area (Å²) in [7, 11) is 0. The Hall–Kier alpha value is -0.790. The van der Waals surface area contributed by atoms with E-state index in [-0.39, 0.29) is 17.5 Å². The second kappa shape index (κ2) is 3.90. The smallest absolute Gasteiger partial charge is 0.308 e. The molecule has 1 saturated carbocycles. The molecule has 0 aliphatic heterocycles. The van der Waals surface area contributed by atoms with E-state index in [1.54, 1.807) is 0 Å². The number of carbonyl (C=O) groups excluding carboxylic acids is 1. The number of esters is 1. The van der Waals surface area contributed by atoms with Crippen LogP contribution in [-0.4, -0.2) is 11.6 Å². The van der Waals surface area contributed by atoms with Gasteiger partial charge in [0.05, 0.1) is 5.92 Å². The van der Waals surface area contributed by atoms with Crippen LogP contribution in [0.5, 0.6) is 0 Å². The van der Waals surface area contributed by atoms with Crippen LogP contribution in [-0.2, 0) is 9.53 Å². The van der Waals surface area contributed by atoms with Gasteiger partial charge in [-0.15, -0.1) is 0 Å². The van der Waals surface area contributed by atoms with E-state index in [1.807, 2.05) is 13.8 Å². The number of fused-ring (bicyclic) bond motifs is 2. The van der Waals surface area contributed by atoms with Crippen molar-refractivity contribution in [3.05, 3.63) is 12.2 Å². The van der Waals surface area contributed by atoms with E-state index in [1.165, 1.54) is 12.8 Å². The van der Waals surface area contributed by atoms with Gasteiger partial charge in [0, 0.05) is 5.92 Å². The van der Waals surface area contributed by atoms with Gasteiger partial charge in [-0.3, -0.25) is 4.79 Å². The fourth-order valence-corrected chi connectivity index (χ4v) is 3.03. The molecule has 0 aromatic heterocycles. The first-order valence-corrected chi connectivity index (χ1v) is 6.31. The maximum Gasteiger partial charge on any atom is 0.308 e. The zero-order valence-electron chi connectivity index (χ0n) is 10.7. The topological polar surface area (TPSA) is 26.3 Å². The van der Waals surface area contributed by atoms with Crippen molar-refractivity contribution < 1.29 is 9.53 Å². The Morgan fingerprint density at radius 2 is 2.00 bits per heavy atom. The minimum absolute atomic E-state index is 0.0339. The number of rotatable bonds is 3. The van der Waals surface area contributed by atoms with E-state index < -0.39 is 0 Å². The van der Waals surface area contributed by atoms with Gasteiger partial charge < -0.3 is 4.74 Å². The highest BCUT2D eigenvalue weighted by atomic mass is 16.6. The molecule has 0 N–H and O–H groups in total. The second-order valence-electron chi connectivity index (χ2n) is 6.07. The third-order valence-electron chi connectivity index (χ3n) is 4.01. The summed E-state index contributed by atoms with van der Waals surface area (Å²) < 4.78 is 5.66. The Kier molecular flexibility index (Phi) is 2.85. The highest BCUT2D eigenvalue weighted by molar-refractivity contribution is 5.72. The number of hydrogen-bond acceptors (Lipinski definition) is 2. The lowest BCUT2D eigenvalue weighted by molar-refractivity contribution is -0.166. The van der Waals surface area contributed by atoms with Crippen LogP contribution in [0.1, 0.15) is 40.5 Å². The van der Waals surface area contributed by atoms with Gasteiger partial charge in [-0.2, -0.15) is 0 Å². The summed E-state index contributed by atoms with van der Waals surface area (Å²) in [6.45, 7) is 7.90. The van der Waals surface area contributed by atoms with Crippen molar-refractivity contribution in [1.29, 1.82) is 0 Å². The normalized spacial score (nSPS) is 32.4. The van der Waals surface area contributed by atoms with Gasteiger partial charge >= 0.3 is 5.97 Å². The zero-order chi connectivity index (χ0) is 11.9. The summed E-state index contributed by atoms with van der Waals surface area (Å²) in [6.07, 6.45) is 7.07. The first-order chi connectivity index (χ1) is 7.40. The van der Waals surface area contributed by atoms with Gasteiger partial charge in [-0.05, 0) is 38.5 Å². The summed E-state index contributed by atoms with van der Waals surface area (Å²) in [4.78, 5) is 11.7. The Labute approximate surface area is 98.1 Å². The summed E-state index contributed by atoms with van der Waals surface area (Å²) in [6, 6.07) is 0. The Morgan fingerprint density at radius 1 is 1.31 bits per heavy atom. The fourth-order valence-electron chi connectivity index (χ4n) is 3.03. The number of allylic oxidation sites excluding steroid dienone is 2. The van der Waals surface area contributed by atoms with E-state index in [0.717, 1.165) is 5.92 Å². The third kappa shape index (κ3) is 2.02. The monoisotopic (exact) mass is 222 g/mol. The Bertz CT molecular complexity index is 315. The van der Waals surface area contributed by atoms with Crippen molar-refractivity contribution in [3.63, 3.8) is 0 Å². The molecule has 90 valence electrons. The predicted octanol–water partition coefficient (Wildman–Crippen LogP) is 3.18. The average molecular weight is 222 g/mol. The number of ether oxygens (including phenoxy) is 1. The van der Waals surface area contributed by atoms with Crippen LogP contribution in [0.25, 0.3) is 0 Å². The molecule has 3 unspecified atom stereocenters. The van der Waals surface area contributed by atoms with E-state index >= 15 is 0 Å². The summed E-state index contributed by atoms with van der Waals surface area (Å²) >= 11 is 0. The second-order valence-corrected chi connectivity index (χ2v) is 6.07. The van der Waals surface area contributed by atoms with E-state index in [9.17, 15) is 4.79 Å². The van der Waals surface area contributed by atoms with Crippen LogP contribution in [0.4, 0.5) is 0 Å². The van der Waals surface area contributed by atoms with Gasteiger partial charge in [0.25, 0.3) is 0 Å². The summed E-state index contributed by atoms with van der Waals surface area (Å²) in [5, 5.41) is 0. The van der Waals surface area contributed by atoms with Crippen molar-refractivity contribution in [1.82, 2.24) is 0 Å². The van der Waals surface area contributed by atoms with Crippen molar-refractivity contribution >= 4 is 5.97 Å². The lowest BCUT2D eigenvalue weighted by Gasteiger charge is -2.35. The molecular formula is C14H22O2. The van der Waals surface area contributed by atoms with Crippen molar-refractivity contribution in [2.75, 3.05) is 0 Å². The van der Waals surface area contributed by atoms with E-state index in [2.05, 4.69) is 26.0 Å². The summed E-state index contributed by atoms with van der Waals surface area (Å²) in [5.74, 6) is 1.75. The molecule has 2 nitrogen and oxygen atoms in total. The molecule has 16 heavy (non-hydrogen) atoms. The van der Waals surface area contributed by atoms with Crippen LogP contribution < -0.4 is 0 Å². The van der Waals surface area contributed by atoms with Gasteiger partial charge in [0.2, 0.25) is 0 Å². The number of hydrogen-bond donors (Lipinski definition) is 0. The Balaban J connectivity index is 2.02. The SMILES string of the molecule is CC(C)C(=O)OC(C)(C)C1CC2C=CC1C2. The van der Waals surface area contributed by atoms with Gasteiger partial charge in [0.1, 0.15) is 5.60 Å². The maximum atomic E-state index is 11.7. The van der Waals surface area contributed by atoms with Crippen LogP contribution in [0.15, 0.2) is 12.2 Å². The molecule has 0 aromatic carbocycles. The molecule has 2 aliphatic rings. The van der Waals surface area contributed by atoms with Crippen molar-refractivity contribution in [2.24, 2.45) is 23.7 Å². The zero-order valence-corrected chi connectivity index (χ0v) is 10.7. The molecular weight excluding hydrogens is 200 g/mol. The fraction of sp³-hybridized carbons (Fsp3) is 0.786. The highest BCUT2D eigenvalue weighted by Gasteiger charge is 2.46. The van der Waals surface area contributed by atoms with Crippen LogP contribution in [0.3, 0.4) is 0 Å². The molecule has 2 bridgehead atoms. The van der Waals surface area contributed by atoms with Crippen LogP contribution >= 0.6 is 0 Å². The van der Waals surface area contributed by atoms with Gasteiger partial charge in [-0.1, -0.05) is 26.0 Å². The number of carbonyl (C=O) groups is 1. The standard InChI is InChI=1S/C14H22O2/c1-9(2)13(15)16-14(3,4)12-8-10-5-6-11(12)7-10/h5-6,9-12H,7-8H2,1-4H3. The van der Waals surface area contributed by atoms with E-state index in [4.69, 9.17) is 4.74 Å². The highest BCUT2D eigenvalue weighted by Crippen LogP contribution is 2.49. The van der Waals surface area contributed by atoms with Crippen LogP contribution in [0, 0.1) is 23.7 Å². The van der Waals surface area contributed by atoms with Gasteiger partial charge in [0.15, 0.2) is 0 Å². The molecule has 3 atom stereocenters. The van der Waals surface area contributed by atoms with E-state index in [0.29, 0.717) is 11.8 Å². The van der Waals surface area contributed by atoms with Crippen LogP contribution in [0.2, 0.25) is 0 Å². The minimum Gasteiger partial charge on any atom is -0.459 e. The first-order valence-electron chi connectivity index (χ1n) is 6.31. The molecule has 0 spiro atoms. The predicted molar refractivity (Wildman–Crippen MR) is 63.9 cm³/mol. The molecule has 0 radical (unpaired) electrons. The summed E-state index contributed by atoms with van der Waals surface area (Å²) in [5.41, 5.74) is -0.314. The lowest BCUT2D eigenvalue weighted by atomic mass is 9.80. The molecule has 0 aromatic rings. The average Bonchev–Trinajstić information content (AvgIpc) is 2.77. The molecule has 0 amide bonds. The largest absolute Gasteiger partial charge is 0.459 e. The quantitative estimate of drug-likeness (QED) is 0.541. The molecule has 2 rings (SSSR count). The minimum atomic E-state index is -0.314. The molecule has 0 saturated heterocycles. The van der Waals surface area contributed by atoms with Gasteiger partial charge in [-0.25, -0.2) is 0 Å². The maximum absolute atomic E-state index is 11.7. The molecule has 2 heteroatoms. The third-order valence-corrected chi connectivity index (χ3v) is 4.01. The molecule has 0 heterocycles. The first kappa shape index (κ1) is 11.7. The molecule has 1 fully saturated rings. The van der Waals surface area contributed by atoms with Crippen molar-refractivity contribution in [3.8, 4) is 0 Å².